The molecular weight excluding hydrogens is 600 g/mol. The van der Waals surface area contributed by atoms with Crippen LogP contribution in [0.5, 0.6) is 0 Å². The molecular formula is C39H52N6O3. The summed E-state index contributed by atoms with van der Waals surface area (Å²) in [4.78, 5) is 22.0. The molecule has 1 aromatic carbocycles. The third-order valence-electron chi connectivity index (χ3n) is 11.0. The Hall–Kier alpha value is -3.98. The maximum Gasteiger partial charge on any atom is 0.410 e. The van der Waals surface area contributed by atoms with Gasteiger partial charge in [-0.05, 0) is 106 Å². The zero-order valence-corrected chi connectivity index (χ0v) is 28.7. The highest BCUT2D eigenvalue weighted by Gasteiger charge is 2.57. The summed E-state index contributed by atoms with van der Waals surface area (Å²) in [6.07, 6.45) is 21.7. The second-order valence-electron chi connectivity index (χ2n) is 14.5. The zero-order valence-electron chi connectivity index (χ0n) is 28.7. The molecule has 3 saturated carbocycles. The zero-order chi connectivity index (χ0) is 33.3. The maximum atomic E-state index is 13.1. The summed E-state index contributed by atoms with van der Waals surface area (Å²) in [6, 6.07) is 6.82. The van der Waals surface area contributed by atoms with Gasteiger partial charge in [0.1, 0.15) is 11.7 Å². The van der Waals surface area contributed by atoms with Crippen LogP contribution in [0.4, 0.5) is 4.79 Å². The number of fused-ring (bicyclic) bond motifs is 1. The molecule has 0 bridgehead atoms. The number of nitrogens with one attached hydrogen (secondary N) is 2. The third kappa shape index (κ3) is 6.93. The van der Waals surface area contributed by atoms with Gasteiger partial charge >= 0.3 is 6.09 Å². The Kier molecular flexibility index (Phi) is 9.40. The Morgan fingerprint density at radius 3 is 2.56 bits per heavy atom. The highest BCUT2D eigenvalue weighted by atomic mass is 16.6. The number of carbonyl (C=O) groups is 1. The molecule has 4 fully saturated rings. The van der Waals surface area contributed by atoms with Crippen molar-refractivity contribution < 1.29 is 14.3 Å². The number of ether oxygens (including phenoxy) is 2. The van der Waals surface area contributed by atoms with E-state index in [9.17, 15) is 4.79 Å². The lowest BCUT2D eigenvalue weighted by Gasteiger charge is -2.42. The van der Waals surface area contributed by atoms with Crippen molar-refractivity contribution in [3.8, 4) is 0 Å². The molecule has 1 aliphatic heterocycles. The molecule has 48 heavy (non-hydrogen) atoms. The average molecular weight is 653 g/mol. The first kappa shape index (κ1) is 32.6. The molecule has 9 heteroatoms. The van der Waals surface area contributed by atoms with E-state index in [0.717, 1.165) is 63.7 Å². The smallest absolute Gasteiger partial charge is 0.410 e. The molecule has 1 amide bonds. The normalized spacial score (nSPS) is 24.7. The van der Waals surface area contributed by atoms with Crippen LogP contribution in [-0.2, 0) is 16.5 Å². The summed E-state index contributed by atoms with van der Waals surface area (Å²) >= 11 is 0. The van der Waals surface area contributed by atoms with Crippen LogP contribution in [0, 0.1) is 12.8 Å². The number of carbonyl (C=O) groups excluding carboxylic acids is 1. The van der Waals surface area contributed by atoms with Crippen LogP contribution in [0.3, 0.4) is 0 Å². The lowest BCUT2D eigenvalue weighted by atomic mass is 9.88. The van der Waals surface area contributed by atoms with E-state index in [4.69, 9.17) is 9.47 Å². The van der Waals surface area contributed by atoms with E-state index >= 15 is 0 Å². The summed E-state index contributed by atoms with van der Waals surface area (Å²) < 4.78 is 14.6. The summed E-state index contributed by atoms with van der Waals surface area (Å²) in [5.41, 5.74) is 5.91. The van der Waals surface area contributed by atoms with Crippen molar-refractivity contribution >= 4 is 11.7 Å². The molecule has 2 N–H and O–H groups in total. The first-order valence-corrected chi connectivity index (χ1v) is 18.0. The van der Waals surface area contributed by atoms with Crippen molar-refractivity contribution in [3.63, 3.8) is 0 Å². The van der Waals surface area contributed by atoms with E-state index in [-0.39, 0.29) is 35.9 Å². The monoisotopic (exact) mass is 652 g/mol. The average Bonchev–Trinajstić information content (AvgIpc) is 3.99. The van der Waals surface area contributed by atoms with E-state index in [2.05, 4.69) is 69.4 Å². The Balaban J connectivity index is 1.19. The number of hydrogen-bond acceptors (Lipinski definition) is 7. The van der Waals surface area contributed by atoms with Crippen LogP contribution in [0.25, 0.3) is 5.57 Å². The van der Waals surface area contributed by atoms with Gasteiger partial charge in [-0.3, -0.25) is 4.90 Å². The number of aromatic nitrogens is 2. The number of amides is 1. The Bertz CT molecular complexity index is 1550. The molecule has 0 spiro atoms. The molecule has 1 aromatic heterocycles. The van der Waals surface area contributed by atoms with E-state index in [1.807, 2.05) is 36.7 Å². The van der Waals surface area contributed by atoms with Gasteiger partial charge in [-0.1, -0.05) is 42.5 Å². The molecule has 4 aliphatic carbocycles. The number of allylic oxidation sites excluding steroid dienone is 2. The van der Waals surface area contributed by atoms with Crippen molar-refractivity contribution in [2.75, 3.05) is 26.2 Å². The fourth-order valence-corrected chi connectivity index (χ4v) is 8.14. The molecule has 3 atom stereocenters. The fraction of sp³-hybridized carbons (Fsp3) is 0.538. The summed E-state index contributed by atoms with van der Waals surface area (Å²) in [7, 11) is 2.05. The number of benzene rings is 1. The predicted octanol–water partition coefficient (Wildman–Crippen LogP) is 6.67. The molecule has 2 heterocycles. The van der Waals surface area contributed by atoms with Crippen LogP contribution in [0.2, 0.25) is 0 Å². The maximum absolute atomic E-state index is 13.1. The van der Waals surface area contributed by atoms with E-state index in [0.29, 0.717) is 24.9 Å². The molecule has 9 nitrogen and oxygen atoms in total. The molecule has 7 rings (SSSR count). The van der Waals surface area contributed by atoms with Crippen LogP contribution in [-0.4, -0.2) is 69.4 Å². The van der Waals surface area contributed by atoms with Gasteiger partial charge < -0.3 is 29.6 Å². The van der Waals surface area contributed by atoms with Crippen molar-refractivity contribution in [1.29, 1.82) is 0 Å². The minimum Gasteiger partial charge on any atom is -0.473 e. The van der Waals surface area contributed by atoms with Crippen molar-refractivity contribution in [1.82, 2.24) is 30.0 Å². The summed E-state index contributed by atoms with van der Waals surface area (Å²) in [6.45, 7) is 13.3. The van der Waals surface area contributed by atoms with Crippen LogP contribution >= 0.6 is 0 Å². The summed E-state index contributed by atoms with van der Waals surface area (Å²) in [5.74, 6) is 1.29. The molecule has 2 aromatic rings. The van der Waals surface area contributed by atoms with Crippen LogP contribution in [0.1, 0.15) is 92.3 Å². The highest BCUT2D eigenvalue weighted by Crippen LogP contribution is 2.57. The van der Waals surface area contributed by atoms with E-state index < -0.39 is 0 Å². The second kappa shape index (κ2) is 13.9. The van der Waals surface area contributed by atoms with Crippen LogP contribution < -0.4 is 10.6 Å². The molecule has 256 valence electrons. The number of hydrogen-bond donors (Lipinski definition) is 2. The molecule has 5 aliphatic rings. The summed E-state index contributed by atoms with van der Waals surface area (Å²) in [5, 5.41) is 7.47. The Morgan fingerprint density at radius 1 is 1.12 bits per heavy atom. The lowest BCUT2D eigenvalue weighted by molar-refractivity contribution is 0.0365. The number of nitrogens with zero attached hydrogens (tertiary/aromatic N) is 4. The van der Waals surface area contributed by atoms with Crippen molar-refractivity contribution in [2.24, 2.45) is 13.0 Å². The SMILES string of the molecule is C=C/C=C\NC1CC=C(C(NC(=C)OC2(C3CC3)CC2)c2cncn2C)c2cc(C)ccc2C1N1CCN(C(=O)OC2CCCC2)CC1. The minimum absolute atomic E-state index is 0.0311. The number of piperazine rings is 1. The molecule has 1 saturated heterocycles. The van der Waals surface area contributed by atoms with E-state index in [1.54, 1.807) is 6.08 Å². The van der Waals surface area contributed by atoms with Gasteiger partial charge in [0.2, 0.25) is 0 Å². The van der Waals surface area contributed by atoms with Gasteiger partial charge in [0, 0.05) is 39.3 Å². The topological polar surface area (TPSA) is 83.9 Å². The molecule has 0 radical (unpaired) electrons. The largest absolute Gasteiger partial charge is 0.473 e. The minimum atomic E-state index is -0.203. The van der Waals surface area contributed by atoms with Gasteiger partial charge in [-0.25, -0.2) is 9.78 Å². The number of imidazole rings is 1. The van der Waals surface area contributed by atoms with E-state index in [1.165, 1.54) is 35.1 Å². The number of aryl methyl sites for hydroxylation is 2. The second-order valence-corrected chi connectivity index (χ2v) is 14.5. The quantitative estimate of drug-likeness (QED) is 0.196. The van der Waals surface area contributed by atoms with Crippen molar-refractivity contribution in [2.45, 2.75) is 94.5 Å². The van der Waals surface area contributed by atoms with Crippen molar-refractivity contribution in [3.05, 3.63) is 96.6 Å². The van der Waals surface area contributed by atoms with Gasteiger partial charge in [0.25, 0.3) is 0 Å². The first-order valence-electron chi connectivity index (χ1n) is 18.0. The lowest BCUT2D eigenvalue weighted by Crippen LogP contribution is -2.53. The number of rotatable bonds is 12. The van der Waals surface area contributed by atoms with Gasteiger partial charge in [0.15, 0.2) is 5.88 Å². The van der Waals surface area contributed by atoms with Gasteiger partial charge in [0.05, 0.1) is 30.3 Å². The third-order valence-corrected chi connectivity index (χ3v) is 11.0. The highest BCUT2D eigenvalue weighted by molar-refractivity contribution is 5.75. The van der Waals surface area contributed by atoms with Gasteiger partial charge in [-0.15, -0.1) is 0 Å². The Morgan fingerprint density at radius 2 is 1.90 bits per heavy atom. The van der Waals surface area contributed by atoms with Gasteiger partial charge in [-0.2, -0.15) is 0 Å². The Labute approximate surface area is 285 Å². The van der Waals surface area contributed by atoms with Crippen LogP contribution in [0.15, 0.2) is 74.2 Å². The first-order chi connectivity index (χ1) is 23.3. The fourth-order valence-electron chi connectivity index (χ4n) is 8.14. The standard InChI is InChI=1S/C39H52N6O3/c1-5-6-19-41-34-16-15-31(36(35-25-40-26-43(35)4)42-28(3)48-39(17-18-39)29-12-13-29)33-24-27(2)11-14-32(33)37(34)44-20-22-45(23-21-44)38(46)47-30-9-7-8-10-30/h5-6,11,14-15,19,24-26,29-30,34,36-37,41-42H,1,3,7-10,12-13,16-18,20-23H2,2,4H3/b19-6-. The predicted molar refractivity (Wildman–Crippen MR) is 189 cm³/mol. The molecule has 3 unspecified atom stereocenters.